The third kappa shape index (κ3) is 6.34. The summed E-state index contributed by atoms with van der Waals surface area (Å²) in [5.41, 5.74) is 5.07. The molecule has 0 atom stereocenters. The highest BCUT2D eigenvalue weighted by molar-refractivity contribution is 5.64. The summed E-state index contributed by atoms with van der Waals surface area (Å²) in [5, 5.41) is 0. The molecule has 178 valence electrons. The zero-order valence-electron chi connectivity index (χ0n) is 19.8. The molecule has 5 rings (SSSR count). The zero-order valence-corrected chi connectivity index (χ0v) is 19.8. The van der Waals surface area contributed by atoms with Crippen molar-refractivity contribution >= 4 is 0 Å². The first-order valence-corrected chi connectivity index (χ1v) is 11.8. The Kier molecular flexibility index (Phi) is 7.61. The zero-order chi connectivity index (χ0) is 24.4. The average Bonchev–Trinajstić information content (AvgIpc) is 2.95. The van der Waals surface area contributed by atoms with Crippen molar-refractivity contribution in [1.29, 1.82) is 0 Å². The van der Waals surface area contributed by atoms with E-state index in [1.54, 1.807) is 12.4 Å². The molecule has 0 aliphatic heterocycles. The second-order valence-electron chi connectivity index (χ2n) is 8.20. The number of rotatable bonds is 10. The van der Waals surface area contributed by atoms with E-state index in [9.17, 15) is 0 Å². The van der Waals surface area contributed by atoms with E-state index in [0.29, 0.717) is 26.2 Å². The van der Waals surface area contributed by atoms with Crippen molar-refractivity contribution < 1.29 is 4.74 Å². The molecule has 36 heavy (non-hydrogen) atoms. The van der Waals surface area contributed by atoms with Gasteiger partial charge in [0.05, 0.1) is 34.2 Å². The lowest BCUT2D eigenvalue weighted by Crippen LogP contribution is -2.28. The molecule has 0 bridgehead atoms. The largest absolute Gasteiger partial charge is 0.492 e. The van der Waals surface area contributed by atoms with Crippen molar-refractivity contribution in [2.24, 2.45) is 0 Å². The van der Waals surface area contributed by atoms with E-state index in [-0.39, 0.29) is 0 Å². The van der Waals surface area contributed by atoms with E-state index < -0.39 is 0 Å². The van der Waals surface area contributed by atoms with Gasteiger partial charge >= 0.3 is 0 Å². The minimum absolute atomic E-state index is 0.493. The van der Waals surface area contributed by atoms with Crippen LogP contribution in [-0.4, -0.2) is 43.0 Å². The van der Waals surface area contributed by atoms with Crippen LogP contribution in [0.4, 0.5) is 0 Å². The Morgan fingerprint density at radius 3 is 1.50 bits per heavy atom. The van der Waals surface area contributed by atoms with Crippen LogP contribution in [0.5, 0.6) is 5.75 Å². The summed E-state index contributed by atoms with van der Waals surface area (Å²) in [7, 11) is 0. The van der Waals surface area contributed by atoms with Crippen LogP contribution in [0.3, 0.4) is 0 Å². The molecule has 5 aromatic rings. The summed E-state index contributed by atoms with van der Waals surface area (Å²) in [6.45, 7) is 2.60. The van der Waals surface area contributed by atoms with Gasteiger partial charge in [-0.25, -0.2) is 4.98 Å². The van der Waals surface area contributed by atoms with Crippen LogP contribution in [-0.2, 0) is 13.1 Å². The fourth-order valence-corrected chi connectivity index (χ4v) is 3.83. The standard InChI is InChI=1S/C29H26N6O/c1-5-13-30-23(9-1)21-35(22-24-10-2-6-14-31-24)17-18-36-25-19-28(26-11-3-7-15-32-26)34-29(20-25)27-12-4-8-16-33-27/h1-16,19-20H,17-18,21-22H2. The Balaban J connectivity index is 1.34. The third-order valence-corrected chi connectivity index (χ3v) is 5.55. The Morgan fingerprint density at radius 1 is 0.556 bits per heavy atom. The lowest BCUT2D eigenvalue weighted by molar-refractivity contribution is 0.193. The van der Waals surface area contributed by atoms with Gasteiger partial charge in [-0.1, -0.05) is 24.3 Å². The molecule has 0 N–H and O–H groups in total. The molecule has 0 spiro atoms. The van der Waals surface area contributed by atoms with Crippen molar-refractivity contribution in [1.82, 2.24) is 29.8 Å². The molecule has 0 aliphatic carbocycles. The topological polar surface area (TPSA) is 76.9 Å². The highest BCUT2D eigenvalue weighted by atomic mass is 16.5. The number of hydrogen-bond donors (Lipinski definition) is 0. The van der Waals surface area contributed by atoms with Crippen molar-refractivity contribution in [3.05, 3.63) is 121 Å². The summed E-state index contributed by atoms with van der Waals surface area (Å²) < 4.78 is 6.26. The molecule has 0 aromatic carbocycles. The fourth-order valence-electron chi connectivity index (χ4n) is 3.83. The highest BCUT2D eigenvalue weighted by Gasteiger charge is 2.12. The number of hydrogen-bond acceptors (Lipinski definition) is 7. The maximum absolute atomic E-state index is 6.26. The van der Waals surface area contributed by atoms with Gasteiger partial charge < -0.3 is 4.74 Å². The van der Waals surface area contributed by atoms with Crippen LogP contribution in [0, 0.1) is 0 Å². The summed E-state index contributed by atoms with van der Waals surface area (Å²) in [4.78, 5) is 25.0. The maximum Gasteiger partial charge on any atom is 0.123 e. The molecular weight excluding hydrogens is 448 g/mol. The van der Waals surface area contributed by atoms with Gasteiger partial charge in [0, 0.05) is 56.6 Å². The molecule has 0 amide bonds. The summed E-state index contributed by atoms with van der Waals surface area (Å²) in [5.74, 6) is 0.724. The molecular formula is C29H26N6O. The first kappa shape index (κ1) is 23.3. The van der Waals surface area contributed by atoms with E-state index in [2.05, 4.69) is 24.8 Å². The van der Waals surface area contributed by atoms with E-state index in [1.807, 2.05) is 97.3 Å². The minimum Gasteiger partial charge on any atom is -0.492 e. The minimum atomic E-state index is 0.493. The van der Waals surface area contributed by atoms with Crippen LogP contribution >= 0.6 is 0 Å². The molecule has 0 fully saturated rings. The molecule has 7 nitrogen and oxygen atoms in total. The van der Waals surface area contributed by atoms with Gasteiger partial charge in [-0.3, -0.25) is 24.8 Å². The Hall–Kier alpha value is -4.49. The first-order chi connectivity index (χ1) is 17.8. The fraction of sp³-hybridized carbons (Fsp3) is 0.138. The Labute approximate surface area is 210 Å². The van der Waals surface area contributed by atoms with Gasteiger partial charge in [0.15, 0.2) is 0 Å². The van der Waals surface area contributed by atoms with Crippen LogP contribution < -0.4 is 4.74 Å². The number of pyridine rings is 5. The molecule has 5 heterocycles. The Morgan fingerprint density at radius 2 is 1.06 bits per heavy atom. The van der Waals surface area contributed by atoms with E-state index in [1.165, 1.54) is 0 Å². The number of aromatic nitrogens is 5. The molecule has 7 heteroatoms. The van der Waals surface area contributed by atoms with Crippen molar-refractivity contribution in [3.8, 4) is 28.5 Å². The van der Waals surface area contributed by atoms with Crippen molar-refractivity contribution in [2.75, 3.05) is 13.2 Å². The quantitative estimate of drug-likeness (QED) is 0.279. The summed E-state index contributed by atoms with van der Waals surface area (Å²) in [6, 6.07) is 27.4. The summed E-state index contributed by atoms with van der Waals surface area (Å²) >= 11 is 0. The van der Waals surface area contributed by atoms with Gasteiger partial charge in [-0.15, -0.1) is 0 Å². The predicted molar refractivity (Wildman–Crippen MR) is 139 cm³/mol. The van der Waals surface area contributed by atoms with E-state index in [4.69, 9.17) is 9.72 Å². The van der Waals surface area contributed by atoms with Gasteiger partial charge in [0.1, 0.15) is 12.4 Å². The van der Waals surface area contributed by atoms with Crippen LogP contribution in [0.25, 0.3) is 22.8 Å². The molecule has 5 aromatic heterocycles. The van der Waals surface area contributed by atoms with E-state index in [0.717, 1.165) is 39.9 Å². The molecule has 0 unspecified atom stereocenters. The summed E-state index contributed by atoms with van der Waals surface area (Å²) in [6.07, 6.45) is 7.16. The second kappa shape index (κ2) is 11.8. The van der Waals surface area contributed by atoms with Crippen molar-refractivity contribution in [3.63, 3.8) is 0 Å². The van der Waals surface area contributed by atoms with Crippen LogP contribution in [0.1, 0.15) is 11.4 Å². The number of nitrogens with zero attached hydrogens (tertiary/aromatic N) is 6. The van der Waals surface area contributed by atoms with Crippen molar-refractivity contribution in [2.45, 2.75) is 13.1 Å². The third-order valence-electron chi connectivity index (χ3n) is 5.55. The predicted octanol–water partition coefficient (Wildman–Crippen LogP) is 5.08. The second-order valence-corrected chi connectivity index (χ2v) is 8.20. The molecule has 0 saturated heterocycles. The van der Waals surface area contributed by atoms with Gasteiger partial charge in [0.2, 0.25) is 0 Å². The maximum atomic E-state index is 6.26. The molecule has 0 aliphatic rings. The monoisotopic (exact) mass is 474 g/mol. The lowest BCUT2D eigenvalue weighted by atomic mass is 10.2. The SMILES string of the molecule is c1ccc(CN(CCOc2cc(-c3ccccn3)nc(-c3ccccn3)c2)Cc2ccccn2)nc1. The van der Waals surface area contributed by atoms with Gasteiger partial charge in [0.25, 0.3) is 0 Å². The first-order valence-electron chi connectivity index (χ1n) is 11.8. The number of ether oxygens (including phenoxy) is 1. The van der Waals surface area contributed by atoms with Gasteiger partial charge in [-0.2, -0.15) is 0 Å². The van der Waals surface area contributed by atoms with Crippen LogP contribution in [0.15, 0.2) is 110 Å². The average molecular weight is 475 g/mol. The molecule has 0 radical (unpaired) electrons. The Bertz CT molecular complexity index is 1250. The lowest BCUT2D eigenvalue weighted by Gasteiger charge is -2.22. The van der Waals surface area contributed by atoms with Gasteiger partial charge in [-0.05, 0) is 48.5 Å². The highest BCUT2D eigenvalue weighted by Crippen LogP contribution is 2.26. The normalized spacial score (nSPS) is 10.9. The smallest absolute Gasteiger partial charge is 0.123 e. The van der Waals surface area contributed by atoms with E-state index >= 15 is 0 Å². The molecule has 0 saturated carbocycles. The van der Waals surface area contributed by atoms with Crippen LogP contribution in [0.2, 0.25) is 0 Å².